The van der Waals surface area contributed by atoms with E-state index < -0.39 is 0 Å². The monoisotopic (exact) mass is 241 g/mol. The van der Waals surface area contributed by atoms with Gasteiger partial charge in [-0.25, -0.2) is 0 Å². The predicted octanol–water partition coefficient (Wildman–Crippen LogP) is 0.391. The number of nitrogens with zero attached hydrogens (tertiary/aromatic N) is 2. The van der Waals surface area contributed by atoms with Crippen LogP contribution in [0.3, 0.4) is 0 Å². The number of hydrogen-bond acceptors (Lipinski definition) is 2. The molecule has 54 valence electrons. The molecule has 0 aromatic carbocycles. The molecule has 5 heteroatoms. The summed E-state index contributed by atoms with van der Waals surface area (Å²) in [6, 6.07) is 0. The van der Waals surface area contributed by atoms with Gasteiger partial charge in [0.1, 0.15) is 7.28 Å². The Hall–Kier alpha value is 0.539. The number of rotatable bonds is 2. The van der Waals surface area contributed by atoms with E-state index in [0.29, 0.717) is 11.6 Å². The summed E-state index contributed by atoms with van der Waals surface area (Å²) >= 11 is 5.50. The van der Waals surface area contributed by atoms with Crippen LogP contribution in [0.1, 0.15) is 5.56 Å². The molecular weight excluding hydrogens is 235 g/mol. The molecule has 0 unspecified atom stereocenters. The summed E-state index contributed by atoms with van der Waals surface area (Å²) in [4.78, 5) is 7.88. The van der Waals surface area contributed by atoms with Crippen molar-refractivity contribution in [3.8, 4) is 0 Å². The van der Waals surface area contributed by atoms with Gasteiger partial charge in [0.15, 0.2) is 0 Å². The van der Waals surface area contributed by atoms with E-state index in [1.807, 2.05) is 14.1 Å². The molecule has 0 N–H and O–H groups in total. The maximum Gasteiger partial charge on any atom is 0.113 e. The average molecular weight is 241 g/mol. The summed E-state index contributed by atoms with van der Waals surface area (Å²) in [6.45, 7) is 1.88. The van der Waals surface area contributed by atoms with E-state index in [1.54, 1.807) is 6.20 Å². The molecular formula is C6H6BClN2Y-. The van der Waals surface area contributed by atoms with Gasteiger partial charge in [0.2, 0.25) is 0 Å². The Balaban J connectivity index is 0.000001000. The first-order chi connectivity index (χ1) is 4.86. The van der Waals surface area contributed by atoms with Crippen LogP contribution in [0.5, 0.6) is 0 Å². The number of alkyl halides is 1. The van der Waals surface area contributed by atoms with Crippen molar-refractivity contribution in [2.45, 2.75) is 12.7 Å². The fourth-order valence-corrected chi connectivity index (χ4v) is 0.663. The van der Waals surface area contributed by atoms with E-state index >= 15 is 0 Å². The van der Waals surface area contributed by atoms with Gasteiger partial charge in [0, 0.05) is 38.6 Å². The van der Waals surface area contributed by atoms with Crippen LogP contribution in [0.15, 0.2) is 6.20 Å². The Labute approximate surface area is 97.3 Å². The maximum atomic E-state index is 5.50. The van der Waals surface area contributed by atoms with Crippen LogP contribution in [0, 0.1) is 6.20 Å². The molecule has 0 aliphatic heterocycles. The van der Waals surface area contributed by atoms with Crippen molar-refractivity contribution in [3.05, 3.63) is 18.0 Å². The fourth-order valence-electron chi connectivity index (χ4n) is 0.534. The third-order valence-corrected chi connectivity index (χ3v) is 1.36. The second-order valence-electron chi connectivity index (χ2n) is 1.79. The Bertz CT molecular complexity index is 181. The van der Waals surface area contributed by atoms with E-state index in [-0.39, 0.29) is 32.7 Å². The zero-order valence-electron chi connectivity index (χ0n) is 6.21. The standard InChI is InChI=1S/C6H6BClN2.Y/c1-7-6-9-3-5(2-8)4-10-6;/h3H,2H2,1H3;/q-1;. The second kappa shape index (κ2) is 6.10. The Morgan fingerprint density at radius 1 is 1.73 bits per heavy atom. The zero-order valence-corrected chi connectivity index (χ0v) is 9.81. The Morgan fingerprint density at radius 3 is 2.82 bits per heavy atom. The van der Waals surface area contributed by atoms with E-state index in [0.717, 1.165) is 5.56 Å². The Kier molecular flexibility index (Phi) is 6.40. The Morgan fingerprint density at radius 2 is 2.45 bits per heavy atom. The summed E-state index contributed by atoms with van der Waals surface area (Å²) in [5.74, 6) is 0.421. The first-order valence-electron chi connectivity index (χ1n) is 2.95. The molecule has 1 aromatic heterocycles. The summed E-state index contributed by atoms with van der Waals surface area (Å²) in [5, 5.41) is 0. The molecule has 0 aliphatic carbocycles. The summed E-state index contributed by atoms with van der Waals surface area (Å²) in [7, 11) is 1.81. The minimum Gasteiger partial charge on any atom is -0.380 e. The van der Waals surface area contributed by atoms with Crippen molar-refractivity contribution >= 4 is 24.6 Å². The molecule has 1 rings (SSSR count). The van der Waals surface area contributed by atoms with Gasteiger partial charge < -0.3 is 9.97 Å². The zero-order chi connectivity index (χ0) is 7.40. The van der Waals surface area contributed by atoms with Crippen LogP contribution in [-0.4, -0.2) is 17.2 Å². The molecule has 2 nitrogen and oxygen atoms in total. The minimum absolute atomic E-state index is 0. The molecule has 0 amide bonds. The van der Waals surface area contributed by atoms with Gasteiger partial charge in [0.25, 0.3) is 0 Å². The minimum atomic E-state index is 0. The first-order valence-corrected chi connectivity index (χ1v) is 3.49. The summed E-state index contributed by atoms with van der Waals surface area (Å²) < 4.78 is 0. The van der Waals surface area contributed by atoms with Gasteiger partial charge in [-0.05, 0) is 5.72 Å². The topological polar surface area (TPSA) is 25.8 Å². The van der Waals surface area contributed by atoms with E-state index in [2.05, 4.69) is 16.2 Å². The molecule has 0 aliphatic rings. The first kappa shape index (κ1) is 11.5. The summed E-state index contributed by atoms with van der Waals surface area (Å²) in [6.07, 6.45) is 4.44. The molecule has 0 saturated carbocycles. The molecule has 2 radical (unpaired) electrons. The van der Waals surface area contributed by atoms with Gasteiger partial charge in [-0.3, -0.25) is 0 Å². The van der Waals surface area contributed by atoms with Crippen molar-refractivity contribution in [1.29, 1.82) is 0 Å². The maximum absolute atomic E-state index is 5.50. The fraction of sp³-hybridized carbons (Fsp3) is 0.333. The van der Waals surface area contributed by atoms with Crippen LogP contribution in [0.2, 0.25) is 6.82 Å². The van der Waals surface area contributed by atoms with Crippen molar-refractivity contribution in [2.24, 2.45) is 0 Å². The average Bonchev–Trinajstić information content (AvgIpc) is 2.05. The van der Waals surface area contributed by atoms with Crippen LogP contribution in [0.4, 0.5) is 0 Å². The number of hydrogen-bond donors (Lipinski definition) is 0. The second-order valence-corrected chi connectivity index (χ2v) is 2.05. The predicted molar refractivity (Wildman–Crippen MR) is 41.7 cm³/mol. The van der Waals surface area contributed by atoms with Crippen LogP contribution in [0.25, 0.3) is 0 Å². The van der Waals surface area contributed by atoms with Crippen molar-refractivity contribution in [3.63, 3.8) is 0 Å². The quantitative estimate of drug-likeness (QED) is 0.425. The molecule has 0 fully saturated rings. The van der Waals surface area contributed by atoms with E-state index in [1.165, 1.54) is 0 Å². The summed E-state index contributed by atoms with van der Waals surface area (Å²) in [5.41, 5.74) is 1.51. The molecule has 0 spiro atoms. The molecule has 0 bridgehead atoms. The van der Waals surface area contributed by atoms with Gasteiger partial charge in [-0.2, -0.15) is 0 Å². The van der Waals surface area contributed by atoms with Crippen LogP contribution < -0.4 is 5.72 Å². The normalized spacial score (nSPS) is 8.55. The number of aromatic nitrogens is 2. The SMILES string of the molecule is C[B]c1n[c-]c(CCl)cn1.[Y]. The van der Waals surface area contributed by atoms with E-state index in [9.17, 15) is 0 Å². The largest absolute Gasteiger partial charge is 0.380 e. The van der Waals surface area contributed by atoms with Gasteiger partial charge in [0.05, 0.1) is 0 Å². The van der Waals surface area contributed by atoms with E-state index in [4.69, 9.17) is 11.6 Å². The van der Waals surface area contributed by atoms with Crippen LogP contribution >= 0.6 is 11.6 Å². The third-order valence-electron chi connectivity index (χ3n) is 1.07. The molecule has 1 heterocycles. The van der Waals surface area contributed by atoms with Gasteiger partial charge in [-0.15, -0.1) is 17.2 Å². The third kappa shape index (κ3) is 3.64. The number of halogens is 1. The molecule has 11 heavy (non-hydrogen) atoms. The van der Waals surface area contributed by atoms with Crippen LogP contribution in [-0.2, 0) is 38.6 Å². The molecule has 1 aromatic rings. The van der Waals surface area contributed by atoms with Crippen molar-refractivity contribution < 1.29 is 32.7 Å². The van der Waals surface area contributed by atoms with Gasteiger partial charge >= 0.3 is 0 Å². The molecule has 0 saturated heterocycles. The van der Waals surface area contributed by atoms with Crippen molar-refractivity contribution in [1.82, 2.24) is 9.97 Å². The van der Waals surface area contributed by atoms with Crippen molar-refractivity contribution in [2.75, 3.05) is 0 Å². The van der Waals surface area contributed by atoms with Gasteiger partial charge in [-0.1, -0.05) is 19.2 Å². The molecule has 0 atom stereocenters. The smallest absolute Gasteiger partial charge is 0.113 e.